The second-order valence-electron chi connectivity index (χ2n) is 6.53. The highest BCUT2D eigenvalue weighted by Gasteiger charge is 2.29. The molecule has 1 aromatic carbocycles. The molecule has 1 fully saturated rings. The van der Waals surface area contributed by atoms with E-state index in [1.54, 1.807) is 0 Å². The standard InChI is InChI=1S/C18H26F3N3O2/c1-14-4-3-5-16(12-14)24-10-8-23(9-11-24)7-6-22-17(25)15(2)26-13-18(19,20)21/h3-5,12,15H,6-11,13H2,1-2H3,(H,22,25). The minimum atomic E-state index is -4.43. The molecule has 1 unspecified atom stereocenters. The topological polar surface area (TPSA) is 44.8 Å². The molecule has 1 aliphatic heterocycles. The van der Waals surface area contributed by atoms with Crippen molar-refractivity contribution in [3.05, 3.63) is 29.8 Å². The molecule has 1 saturated heterocycles. The second-order valence-corrected chi connectivity index (χ2v) is 6.53. The van der Waals surface area contributed by atoms with Crippen molar-refractivity contribution >= 4 is 11.6 Å². The van der Waals surface area contributed by atoms with E-state index in [1.165, 1.54) is 18.2 Å². The molecule has 0 bridgehead atoms. The average Bonchev–Trinajstić information content (AvgIpc) is 2.59. The highest BCUT2D eigenvalue weighted by molar-refractivity contribution is 5.80. The Morgan fingerprint density at radius 1 is 1.27 bits per heavy atom. The Morgan fingerprint density at radius 3 is 2.58 bits per heavy atom. The fourth-order valence-corrected chi connectivity index (χ4v) is 2.83. The van der Waals surface area contributed by atoms with E-state index in [-0.39, 0.29) is 0 Å². The van der Waals surface area contributed by atoms with Crippen molar-refractivity contribution in [1.29, 1.82) is 0 Å². The number of aryl methyl sites for hydroxylation is 1. The number of piperazine rings is 1. The largest absolute Gasteiger partial charge is 0.411 e. The monoisotopic (exact) mass is 373 g/mol. The number of anilines is 1. The lowest BCUT2D eigenvalue weighted by Crippen LogP contribution is -2.49. The number of amides is 1. The Morgan fingerprint density at radius 2 is 1.96 bits per heavy atom. The maximum absolute atomic E-state index is 12.1. The maximum atomic E-state index is 12.1. The molecule has 1 amide bonds. The lowest BCUT2D eigenvalue weighted by atomic mass is 10.2. The molecule has 0 aliphatic carbocycles. The van der Waals surface area contributed by atoms with E-state index in [1.807, 2.05) is 0 Å². The van der Waals surface area contributed by atoms with Crippen molar-refractivity contribution in [1.82, 2.24) is 10.2 Å². The first-order chi connectivity index (χ1) is 12.2. The summed E-state index contributed by atoms with van der Waals surface area (Å²) in [6, 6.07) is 8.39. The normalized spacial score (nSPS) is 17.2. The number of carbonyl (C=O) groups is 1. The molecule has 1 atom stereocenters. The zero-order chi connectivity index (χ0) is 19.2. The summed E-state index contributed by atoms with van der Waals surface area (Å²) in [4.78, 5) is 16.3. The van der Waals surface area contributed by atoms with Crippen LogP contribution in [0.3, 0.4) is 0 Å². The molecule has 1 heterocycles. The third kappa shape index (κ3) is 6.84. The summed E-state index contributed by atoms with van der Waals surface area (Å²) in [6.45, 7) is 6.60. The van der Waals surface area contributed by atoms with Gasteiger partial charge in [0, 0.05) is 45.0 Å². The van der Waals surface area contributed by atoms with Crippen LogP contribution in [0.4, 0.5) is 18.9 Å². The summed E-state index contributed by atoms with van der Waals surface area (Å²) >= 11 is 0. The molecule has 0 spiro atoms. The van der Waals surface area contributed by atoms with Gasteiger partial charge in [0.2, 0.25) is 5.91 Å². The van der Waals surface area contributed by atoms with E-state index in [0.29, 0.717) is 13.1 Å². The van der Waals surface area contributed by atoms with Gasteiger partial charge < -0.3 is 15.0 Å². The van der Waals surface area contributed by atoms with Gasteiger partial charge in [-0.1, -0.05) is 12.1 Å². The number of hydrogen-bond acceptors (Lipinski definition) is 4. The number of carbonyl (C=O) groups excluding carboxylic acids is 1. The predicted molar refractivity (Wildman–Crippen MR) is 94.3 cm³/mol. The molecule has 1 N–H and O–H groups in total. The van der Waals surface area contributed by atoms with Gasteiger partial charge >= 0.3 is 6.18 Å². The number of ether oxygens (including phenoxy) is 1. The molecule has 8 heteroatoms. The third-order valence-electron chi connectivity index (χ3n) is 4.33. The van der Waals surface area contributed by atoms with Crippen LogP contribution in [-0.4, -0.2) is 69.0 Å². The second kappa shape index (κ2) is 9.23. The predicted octanol–water partition coefficient (Wildman–Crippen LogP) is 2.20. The van der Waals surface area contributed by atoms with Gasteiger partial charge in [-0.3, -0.25) is 9.69 Å². The number of halogens is 3. The Bertz CT molecular complexity index is 587. The fourth-order valence-electron chi connectivity index (χ4n) is 2.83. The molecule has 1 aromatic rings. The van der Waals surface area contributed by atoms with Gasteiger partial charge in [0.25, 0.3) is 0 Å². The molecule has 1 aliphatic rings. The van der Waals surface area contributed by atoms with Gasteiger partial charge in [0.15, 0.2) is 0 Å². The Labute approximate surface area is 152 Å². The summed E-state index contributed by atoms with van der Waals surface area (Å²) in [5.41, 5.74) is 2.45. The smallest absolute Gasteiger partial charge is 0.369 e. The van der Waals surface area contributed by atoms with Gasteiger partial charge in [-0.05, 0) is 31.5 Å². The van der Waals surface area contributed by atoms with Crippen LogP contribution in [0.5, 0.6) is 0 Å². The van der Waals surface area contributed by atoms with E-state index >= 15 is 0 Å². The molecular formula is C18H26F3N3O2. The Kier molecular flexibility index (Phi) is 7.28. The number of alkyl halides is 3. The van der Waals surface area contributed by atoms with Crippen LogP contribution in [-0.2, 0) is 9.53 Å². The van der Waals surface area contributed by atoms with Crippen LogP contribution in [0.15, 0.2) is 24.3 Å². The van der Waals surface area contributed by atoms with Crippen LogP contribution in [0, 0.1) is 6.92 Å². The number of rotatable bonds is 7. The Hall–Kier alpha value is -1.80. The third-order valence-corrected chi connectivity index (χ3v) is 4.33. The van der Waals surface area contributed by atoms with E-state index in [4.69, 9.17) is 0 Å². The van der Waals surface area contributed by atoms with Crippen molar-refractivity contribution in [3.63, 3.8) is 0 Å². The van der Waals surface area contributed by atoms with Crippen LogP contribution in [0.1, 0.15) is 12.5 Å². The zero-order valence-corrected chi connectivity index (χ0v) is 15.2. The first-order valence-corrected chi connectivity index (χ1v) is 8.74. The van der Waals surface area contributed by atoms with E-state index in [0.717, 1.165) is 26.2 Å². The van der Waals surface area contributed by atoms with E-state index in [9.17, 15) is 18.0 Å². The number of nitrogens with zero attached hydrogens (tertiary/aromatic N) is 2. The summed E-state index contributed by atoms with van der Waals surface area (Å²) in [5.74, 6) is -0.521. The van der Waals surface area contributed by atoms with Crippen LogP contribution >= 0.6 is 0 Å². The molecule has 146 valence electrons. The number of nitrogens with one attached hydrogen (secondary N) is 1. The van der Waals surface area contributed by atoms with Crippen LogP contribution < -0.4 is 10.2 Å². The first-order valence-electron chi connectivity index (χ1n) is 8.74. The summed E-state index contributed by atoms with van der Waals surface area (Å²) < 4.78 is 40.8. The van der Waals surface area contributed by atoms with Gasteiger partial charge in [0.1, 0.15) is 12.7 Å². The van der Waals surface area contributed by atoms with Crippen LogP contribution in [0.25, 0.3) is 0 Å². The van der Waals surface area contributed by atoms with Crippen molar-refractivity contribution < 1.29 is 22.7 Å². The van der Waals surface area contributed by atoms with Crippen molar-refractivity contribution in [2.24, 2.45) is 0 Å². The molecule has 26 heavy (non-hydrogen) atoms. The average molecular weight is 373 g/mol. The highest BCUT2D eigenvalue weighted by atomic mass is 19.4. The quantitative estimate of drug-likeness (QED) is 0.796. The van der Waals surface area contributed by atoms with E-state index < -0.39 is 24.8 Å². The molecule has 0 saturated carbocycles. The van der Waals surface area contributed by atoms with E-state index in [2.05, 4.69) is 51.0 Å². The lowest BCUT2D eigenvalue weighted by molar-refractivity contribution is -0.185. The molecule has 0 radical (unpaired) electrons. The summed E-state index contributed by atoms with van der Waals surface area (Å²) in [6.07, 6.45) is -5.54. The van der Waals surface area contributed by atoms with Crippen molar-refractivity contribution in [3.8, 4) is 0 Å². The van der Waals surface area contributed by atoms with Crippen molar-refractivity contribution in [2.45, 2.75) is 26.1 Å². The minimum Gasteiger partial charge on any atom is -0.369 e. The maximum Gasteiger partial charge on any atom is 0.411 e. The molecule has 5 nitrogen and oxygen atoms in total. The van der Waals surface area contributed by atoms with Gasteiger partial charge in [-0.15, -0.1) is 0 Å². The first kappa shape index (κ1) is 20.5. The molecule has 0 aromatic heterocycles. The summed E-state index contributed by atoms with van der Waals surface area (Å²) in [5, 5.41) is 2.63. The SMILES string of the molecule is Cc1cccc(N2CCN(CCNC(=O)C(C)OCC(F)(F)F)CC2)c1. The number of benzene rings is 1. The van der Waals surface area contributed by atoms with Gasteiger partial charge in [-0.25, -0.2) is 0 Å². The van der Waals surface area contributed by atoms with Crippen LogP contribution in [0.2, 0.25) is 0 Å². The number of hydrogen-bond donors (Lipinski definition) is 1. The lowest BCUT2D eigenvalue weighted by Gasteiger charge is -2.36. The van der Waals surface area contributed by atoms with Gasteiger partial charge in [0.05, 0.1) is 0 Å². The molecule has 2 rings (SSSR count). The summed E-state index contributed by atoms with van der Waals surface area (Å²) in [7, 11) is 0. The zero-order valence-electron chi connectivity index (χ0n) is 15.2. The van der Waals surface area contributed by atoms with Gasteiger partial charge in [-0.2, -0.15) is 13.2 Å². The highest BCUT2D eigenvalue weighted by Crippen LogP contribution is 2.18. The minimum absolute atomic E-state index is 0.392. The Balaban J connectivity index is 1.65. The van der Waals surface area contributed by atoms with Crippen molar-refractivity contribution in [2.75, 3.05) is 50.8 Å². The molecular weight excluding hydrogens is 347 g/mol. The fraction of sp³-hybridized carbons (Fsp3) is 0.611.